The minimum absolute atomic E-state index is 0.0476. The number of hydrogen-bond donors (Lipinski definition) is 2. The van der Waals surface area contributed by atoms with Crippen molar-refractivity contribution in [2.24, 2.45) is 5.73 Å². The van der Waals surface area contributed by atoms with Crippen molar-refractivity contribution < 1.29 is 19.6 Å². The number of unbranched alkanes of at least 4 members (excludes halogenated alkanes) is 1. The summed E-state index contributed by atoms with van der Waals surface area (Å²) in [5.74, 6) is -0.650. The molecule has 0 amide bonds. The minimum atomic E-state index is -1.24. The lowest BCUT2D eigenvalue weighted by atomic mass is 9.97. The van der Waals surface area contributed by atoms with Gasteiger partial charge in [0, 0.05) is 6.07 Å². The first-order valence-electron chi connectivity index (χ1n) is 6.33. The van der Waals surface area contributed by atoms with Crippen LogP contribution < -0.4 is 10.5 Å². The van der Waals surface area contributed by atoms with Gasteiger partial charge in [-0.3, -0.25) is 14.9 Å². The summed E-state index contributed by atoms with van der Waals surface area (Å²) in [6.45, 7) is 1.79. The fraction of sp³-hybridized carbons (Fsp3) is 0.462. The van der Waals surface area contributed by atoms with E-state index in [0.717, 1.165) is 0 Å². The summed E-state index contributed by atoms with van der Waals surface area (Å²) in [6, 6.07) is 4.27. The van der Waals surface area contributed by atoms with Crippen molar-refractivity contribution in [3.63, 3.8) is 0 Å². The Balaban J connectivity index is 2.45. The number of aliphatic carboxylic acids is 1. The average Bonchev–Trinajstić information content (AvgIpc) is 2.39. The van der Waals surface area contributed by atoms with Gasteiger partial charge in [-0.15, -0.1) is 0 Å². The molecule has 7 nitrogen and oxygen atoms in total. The summed E-state index contributed by atoms with van der Waals surface area (Å²) in [7, 11) is 0. The fourth-order valence-electron chi connectivity index (χ4n) is 1.60. The number of carboxylic acid groups (broad SMARTS) is 1. The molecular formula is C13H17BrN2O5. The second-order valence-electron chi connectivity index (χ2n) is 4.90. The lowest BCUT2D eigenvalue weighted by Gasteiger charge is -2.18. The predicted molar refractivity (Wildman–Crippen MR) is 80.4 cm³/mol. The van der Waals surface area contributed by atoms with Crippen LogP contribution in [-0.4, -0.2) is 28.1 Å². The maximum absolute atomic E-state index is 10.8. The molecule has 1 aromatic carbocycles. The normalized spacial score (nSPS) is 13.5. The molecule has 21 heavy (non-hydrogen) atoms. The lowest BCUT2D eigenvalue weighted by Crippen LogP contribution is -2.44. The molecule has 1 rings (SSSR count). The van der Waals surface area contributed by atoms with Gasteiger partial charge in [0.25, 0.3) is 5.69 Å². The SMILES string of the molecule is CC(N)(CCCCOc1cc([N+](=O)[O-])ccc1Br)C(=O)O. The zero-order chi connectivity index (χ0) is 16.0. The molecule has 8 heteroatoms. The van der Waals surface area contributed by atoms with Crippen molar-refractivity contribution >= 4 is 27.6 Å². The number of halogens is 1. The lowest BCUT2D eigenvalue weighted by molar-refractivity contribution is -0.385. The largest absolute Gasteiger partial charge is 0.492 e. The van der Waals surface area contributed by atoms with Crippen LogP contribution in [0.25, 0.3) is 0 Å². The van der Waals surface area contributed by atoms with Gasteiger partial charge in [-0.05, 0) is 48.2 Å². The molecule has 1 atom stereocenters. The van der Waals surface area contributed by atoms with Crippen LogP contribution in [0.3, 0.4) is 0 Å². The number of rotatable bonds is 8. The van der Waals surface area contributed by atoms with E-state index >= 15 is 0 Å². The zero-order valence-corrected chi connectivity index (χ0v) is 13.1. The van der Waals surface area contributed by atoms with Crippen molar-refractivity contribution in [1.29, 1.82) is 0 Å². The first-order chi connectivity index (χ1) is 9.74. The van der Waals surface area contributed by atoms with Gasteiger partial charge in [0.05, 0.1) is 22.1 Å². The Bertz CT molecular complexity index is 533. The second kappa shape index (κ2) is 7.37. The molecule has 0 fully saturated rings. The molecule has 0 spiro atoms. The molecule has 0 aliphatic heterocycles. The van der Waals surface area contributed by atoms with E-state index in [1.807, 2.05) is 0 Å². The van der Waals surface area contributed by atoms with Gasteiger partial charge in [-0.2, -0.15) is 0 Å². The molecule has 0 saturated heterocycles. The van der Waals surface area contributed by atoms with E-state index in [2.05, 4.69) is 15.9 Å². The number of carbonyl (C=O) groups is 1. The smallest absolute Gasteiger partial charge is 0.323 e. The molecule has 0 aliphatic carbocycles. The van der Waals surface area contributed by atoms with Crippen LogP contribution in [-0.2, 0) is 4.79 Å². The van der Waals surface area contributed by atoms with Crippen LogP contribution in [0.5, 0.6) is 5.75 Å². The Morgan fingerprint density at radius 2 is 2.19 bits per heavy atom. The third kappa shape index (κ3) is 5.31. The minimum Gasteiger partial charge on any atom is -0.492 e. The molecule has 0 heterocycles. The topological polar surface area (TPSA) is 116 Å². The highest BCUT2D eigenvalue weighted by Crippen LogP contribution is 2.29. The van der Waals surface area contributed by atoms with Gasteiger partial charge < -0.3 is 15.6 Å². The Labute approximate surface area is 130 Å². The zero-order valence-electron chi connectivity index (χ0n) is 11.5. The van der Waals surface area contributed by atoms with E-state index in [4.69, 9.17) is 15.6 Å². The van der Waals surface area contributed by atoms with Gasteiger partial charge in [0.15, 0.2) is 0 Å². The van der Waals surface area contributed by atoms with Crippen LogP contribution in [0.15, 0.2) is 22.7 Å². The molecular weight excluding hydrogens is 344 g/mol. The summed E-state index contributed by atoms with van der Waals surface area (Å²) in [4.78, 5) is 21.0. The Hall–Kier alpha value is -1.67. The Morgan fingerprint density at radius 1 is 1.52 bits per heavy atom. The Morgan fingerprint density at radius 3 is 2.76 bits per heavy atom. The molecule has 3 N–H and O–H groups in total. The fourth-order valence-corrected chi connectivity index (χ4v) is 1.96. The highest BCUT2D eigenvalue weighted by atomic mass is 79.9. The standard InChI is InChI=1S/C13H17BrN2O5/c1-13(15,12(17)18)6-2-3-7-21-11-8-9(16(19)20)4-5-10(11)14/h4-5,8H,2-3,6-7,15H2,1H3,(H,17,18). The van der Waals surface area contributed by atoms with Crippen LogP contribution in [0.2, 0.25) is 0 Å². The van der Waals surface area contributed by atoms with Crippen molar-refractivity contribution in [3.05, 3.63) is 32.8 Å². The number of nitrogens with two attached hydrogens (primary N) is 1. The Kier molecular flexibility index (Phi) is 6.10. The maximum atomic E-state index is 10.8. The number of hydrogen-bond acceptors (Lipinski definition) is 5. The van der Waals surface area contributed by atoms with Crippen LogP contribution in [0.1, 0.15) is 26.2 Å². The third-order valence-corrected chi connectivity index (χ3v) is 3.62. The predicted octanol–water partition coefficient (Wildman–Crippen LogP) is 2.71. The third-order valence-electron chi connectivity index (χ3n) is 2.96. The number of nitro benzene ring substituents is 1. The van der Waals surface area contributed by atoms with E-state index in [1.54, 1.807) is 6.07 Å². The molecule has 0 aromatic heterocycles. The molecule has 0 aliphatic rings. The molecule has 1 aromatic rings. The molecule has 1 unspecified atom stereocenters. The molecule has 0 bridgehead atoms. The van der Waals surface area contributed by atoms with Crippen LogP contribution >= 0.6 is 15.9 Å². The van der Waals surface area contributed by atoms with E-state index < -0.39 is 16.4 Å². The second-order valence-corrected chi connectivity index (χ2v) is 5.75. The van der Waals surface area contributed by atoms with Gasteiger partial charge in [-0.1, -0.05) is 0 Å². The van der Waals surface area contributed by atoms with Crippen LogP contribution in [0.4, 0.5) is 5.69 Å². The van der Waals surface area contributed by atoms with Gasteiger partial charge >= 0.3 is 5.97 Å². The van der Waals surface area contributed by atoms with Crippen LogP contribution in [0, 0.1) is 10.1 Å². The van der Waals surface area contributed by atoms with Gasteiger partial charge in [0.1, 0.15) is 11.3 Å². The van der Waals surface area contributed by atoms with Gasteiger partial charge in [0.2, 0.25) is 0 Å². The monoisotopic (exact) mass is 360 g/mol. The summed E-state index contributed by atoms with van der Waals surface area (Å²) >= 11 is 3.25. The van der Waals surface area contributed by atoms with Crippen molar-refractivity contribution in [1.82, 2.24) is 0 Å². The number of non-ortho nitro benzene ring substituents is 1. The van der Waals surface area contributed by atoms with E-state index in [-0.39, 0.29) is 5.69 Å². The highest BCUT2D eigenvalue weighted by Gasteiger charge is 2.26. The quantitative estimate of drug-likeness (QED) is 0.418. The summed E-state index contributed by atoms with van der Waals surface area (Å²) in [5.41, 5.74) is 4.32. The average molecular weight is 361 g/mol. The van der Waals surface area contributed by atoms with E-state index in [1.165, 1.54) is 19.1 Å². The summed E-state index contributed by atoms with van der Waals surface area (Å²) in [5, 5.41) is 19.5. The number of nitro groups is 1. The first kappa shape index (κ1) is 17.4. The number of nitrogens with zero attached hydrogens (tertiary/aromatic N) is 1. The highest BCUT2D eigenvalue weighted by molar-refractivity contribution is 9.10. The molecule has 116 valence electrons. The van der Waals surface area contributed by atoms with Crippen molar-refractivity contribution in [2.45, 2.75) is 31.7 Å². The maximum Gasteiger partial charge on any atom is 0.323 e. The summed E-state index contributed by atoms with van der Waals surface area (Å²) in [6.07, 6.45) is 1.53. The first-order valence-corrected chi connectivity index (χ1v) is 7.12. The molecule has 0 radical (unpaired) electrons. The van der Waals surface area contributed by atoms with E-state index in [9.17, 15) is 14.9 Å². The summed E-state index contributed by atoms with van der Waals surface area (Å²) < 4.78 is 6.09. The number of ether oxygens (including phenoxy) is 1. The van der Waals surface area contributed by atoms with Crippen molar-refractivity contribution in [3.8, 4) is 5.75 Å². The van der Waals surface area contributed by atoms with Gasteiger partial charge in [-0.25, -0.2) is 0 Å². The number of carboxylic acids is 1. The van der Waals surface area contributed by atoms with Crippen molar-refractivity contribution in [2.75, 3.05) is 6.61 Å². The van der Waals surface area contributed by atoms with E-state index in [0.29, 0.717) is 36.1 Å². The number of benzene rings is 1. The molecule has 0 saturated carbocycles.